The zero-order chi connectivity index (χ0) is 15.2. The number of non-ortho nitro benzene ring substituents is 1. The summed E-state index contributed by atoms with van der Waals surface area (Å²) in [6.07, 6.45) is 0. The Morgan fingerprint density at radius 3 is 2.50 bits per heavy atom. The van der Waals surface area contributed by atoms with Crippen LogP contribution in [0.15, 0.2) is 24.3 Å². The third-order valence-electron chi connectivity index (χ3n) is 2.19. The summed E-state index contributed by atoms with van der Waals surface area (Å²) in [4.78, 5) is 21.0. The van der Waals surface area contributed by atoms with Gasteiger partial charge in [0.2, 0.25) is 0 Å². The molecule has 20 heavy (non-hydrogen) atoms. The molecule has 0 bridgehead atoms. The number of nitrogens with zero attached hydrogens (tertiary/aromatic N) is 1. The number of ether oxygens (including phenoxy) is 1. The Bertz CT molecular complexity index is 478. The Kier molecular flexibility index (Phi) is 5.32. The Balaban J connectivity index is 2.39. The molecule has 9 heteroatoms. The molecule has 0 aromatic heterocycles. The van der Waals surface area contributed by atoms with Crippen molar-refractivity contribution in [1.82, 2.24) is 5.32 Å². The number of nitrogens with one attached hydrogen (secondary N) is 1. The van der Waals surface area contributed by atoms with Crippen molar-refractivity contribution >= 4 is 11.6 Å². The van der Waals surface area contributed by atoms with Crippen molar-refractivity contribution in [3.63, 3.8) is 0 Å². The number of halogens is 2. The van der Waals surface area contributed by atoms with Gasteiger partial charge in [-0.25, -0.2) is 8.78 Å². The summed E-state index contributed by atoms with van der Waals surface area (Å²) in [5.41, 5.74) is -0.135. The highest BCUT2D eigenvalue weighted by Crippen LogP contribution is 2.17. The van der Waals surface area contributed by atoms with Crippen LogP contribution in [0.25, 0.3) is 0 Å². The largest absolute Gasteiger partial charge is 0.484 e. The molecule has 0 aliphatic rings. The Hall–Kier alpha value is -2.29. The summed E-state index contributed by atoms with van der Waals surface area (Å²) in [7, 11) is 0. The van der Waals surface area contributed by atoms with Crippen LogP contribution in [0, 0.1) is 10.1 Å². The number of aliphatic hydroxyl groups is 1. The fourth-order valence-electron chi connectivity index (χ4n) is 1.15. The van der Waals surface area contributed by atoms with Crippen LogP contribution < -0.4 is 10.1 Å². The molecule has 0 radical (unpaired) electrons. The van der Waals surface area contributed by atoms with Gasteiger partial charge in [0.05, 0.1) is 11.5 Å². The predicted octanol–water partition coefficient (Wildman–Crippen LogP) is 0.717. The van der Waals surface area contributed by atoms with Crippen molar-refractivity contribution < 1.29 is 28.3 Å². The molecule has 0 atom stereocenters. The molecule has 110 valence electrons. The minimum Gasteiger partial charge on any atom is -0.484 e. The quantitative estimate of drug-likeness (QED) is 0.569. The lowest BCUT2D eigenvalue weighted by molar-refractivity contribution is -0.384. The number of carbonyl (C=O) groups excluding carboxylic acids is 1. The molecule has 1 amide bonds. The molecule has 1 aromatic rings. The van der Waals surface area contributed by atoms with E-state index in [-0.39, 0.29) is 11.4 Å². The second-order valence-corrected chi connectivity index (χ2v) is 3.83. The van der Waals surface area contributed by atoms with Crippen LogP contribution in [0.4, 0.5) is 14.5 Å². The predicted molar refractivity (Wildman–Crippen MR) is 63.6 cm³/mol. The zero-order valence-electron chi connectivity index (χ0n) is 10.2. The van der Waals surface area contributed by atoms with Gasteiger partial charge in [-0.1, -0.05) is 0 Å². The van der Waals surface area contributed by atoms with E-state index in [0.717, 1.165) is 0 Å². The molecular weight excluding hydrogens is 278 g/mol. The van der Waals surface area contributed by atoms with Crippen molar-refractivity contribution in [2.45, 2.75) is 5.92 Å². The minimum atomic E-state index is -3.39. The SMILES string of the molecule is O=C(COc1ccc([N+](=O)[O-])cc1)NCC(F)(F)CO. The molecule has 0 saturated carbocycles. The van der Waals surface area contributed by atoms with E-state index in [0.29, 0.717) is 0 Å². The van der Waals surface area contributed by atoms with E-state index in [1.165, 1.54) is 24.3 Å². The second kappa shape index (κ2) is 6.75. The summed E-state index contributed by atoms with van der Waals surface area (Å²) in [6, 6.07) is 4.95. The summed E-state index contributed by atoms with van der Waals surface area (Å²) in [5, 5.41) is 20.6. The third-order valence-corrected chi connectivity index (χ3v) is 2.19. The second-order valence-electron chi connectivity index (χ2n) is 3.83. The van der Waals surface area contributed by atoms with E-state index in [9.17, 15) is 23.7 Å². The fraction of sp³-hybridized carbons (Fsp3) is 0.364. The van der Waals surface area contributed by atoms with Crippen molar-refractivity contribution in [3.8, 4) is 5.75 Å². The maximum atomic E-state index is 12.6. The summed E-state index contributed by atoms with van der Waals surface area (Å²) in [5.74, 6) is -3.99. The number of benzene rings is 1. The molecule has 0 spiro atoms. The van der Waals surface area contributed by atoms with Crippen molar-refractivity contribution in [2.75, 3.05) is 19.8 Å². The van der Waals surface area contributed by atoms with Gasteiger partial charge in [-0.2, -0.15) is 0 Å². The molecule has 1 aromatic carbocycles. The number of carbonyl (C=O) groups is 1. The molecule has 0 fully saturated rings. The van der Waals surface area contributed by atoms with Crippen molar-refractivity contribution in [1.29, 1.82) is 0 Å². The Morgan fingerprint density at radius 2 is 2.00 bits per heavy atom. The smallest absolute Gasteiger partial charge is 0.287 e. The van der Waals surface area contributed by atoms with Gasteiger partial charge in [0, 0.05) is 12.1 Å². The number of alkyl halides is 2. The Labute approximate surface area is 112 Å². The maximum absolute atomic E-state index is 12.6. The first-order valence-corrected chi connectivity index (χ1v) is 5.47. The first-order valence-electron chi connectivity index (χ1n) is 5.47. The van der Waals surface area contributed by atoms with Crippen LogP contribution in [0.5, 0.6) is 5.75 Å². The summed E-state index contributed by atoms with van der Waals surface area (Å²) >= 11 is 0. The monoisotopic (exact) mass is 290 g/mol. The van der Waals surface area contributed by atoms with Crippen LogP contribution in [0.1, 0.15) is 0 Å². The highest BCUT2D eigenvalue weighted by atomic mass is 19.3. The van der Waals surface area contributed by atoms with Gasteiger partial charge in [0.15, 0.2) is 6.61 Å². The van der Waals surface area contributed by atoms with Gasteiger partial charge >= 0.3 is 0 Å². The maximum Gasteiger partial charge on any atom is 0.287 e. The molecule has 7 nitrogen and oxygen atoms in total. The molecule has 2 N–H and O–H groups in total. The first-order chi connectivity index (χ1) is 9.34. The number of amides is 1. The van der Waals surface area contributed by atoms with Gasteiger partial charge < -0.3 is 15.2 Å². The van der Waals surface area contributed by atoms with Gasteiger partial charge in [-0.05, 0) is 12.1 Å². The number of aliphatic hydroxyl groups excluding tert-OH is 1. The average molecular weight is 290 g/mol. The minimum absolute atomic E-state index is 0.135. The van der Waals surface area contributed by atoms with E-state index in [1.54, 1.807) is 0 Å². The van der Waals surface area contributed by atoms with E-state index in [1.807, 2.05) is 5.32 Å². The van der Waals surface area contributed by atoms with E-state index >= 15 is 0 Å². The highest BCUT2D eigenvalue weighted by Gasteiger charge is 2.28. The molecule has 0 aliphatic heterocycles. The van der Waals surface area contributed by atoms with E-state index < -0.39 is 36.5 Å². The van der Waals surface area contributed by atoms with Crippen LogP contribution in [0.3, 0.4) is 0 Å². The average Bonchev–Trinajstić information content (AvgIpc) is 2.43. The number of hydrogen-bond acceptors (Lipinski definition) is 5. The van der Waals surface area contributed by atoms with Crippen LogP contribution in [-0.4, -0.2) is 41.6 Å². The molecule has 1 rings (SSSR count). The van der Waals surface area contributed by atoms with Crippen LogP contribution in [-0.2, 0) is 4.79 Å². The molecule has 0 heterocycles. The topological polar surface area (TPSA) is 102 Å². The van der Waals surface area contributed by atoms with Crippen LogP contribution >= 0.6 is 0 Å². The van der Waals surface area contributed by atoms with E-state index in [4.69, 9.17) is 9.84 Å². The number of nitro benzene ring substituents is 1. The molecule has 0 unspecified atom stereocenters. The Morgan fingerprint density at radius 1 is 1.40 bits per heavy atom. The summed E-state index contributed by atoms with van der Waals surface area (Å²) < 4.78 is 30.2. The molecular formula is C11H12F2N2O5. The van der Waals surface area contributed by atoms with Crippen LogP contribution in [0.2, 0.25) is 0 Å². The zero-order valence-corrected chi connectivity index (χ0v) is 10.2. The number of hydrogen-bond donors (Lipinski definition) is 2. The van der Waals surface area contributed by atoms with E-state index in [2.05, 4.69) is 0 Å². The van der Waals surface area contributed by atoms with Crippen molar-refractivity contribution in [2.24, 2.45) is 0 Å². The lowest BCUT2D eigenvalue weighted by atomic mass is 10.3. The number of nitro groups is 1. The lowest BCUT2D eigenvalue weighted by Crippen LogP contribution is -2.40. The highest BCUT2D eigenvalue weighted by molar-refractivity contribution is 5.77. The standard InChI is InChI=1S/C11H12F2N2O5/c12-11(13,7-16)6-14-10(17)5-20-9-3-1-8(2-4-9)15(18)19/h1-4,16H,5-7H2,(H,14,17). The normalized spacial score (nSPS) is 10.9. The molecule has 0 aliphatic carbocycles. The van der Waals surface area contributed by atoms with Gasteiger partial charge in [0.1, 0.15) is 12.4 Å². The molecule has 0 saturated heterocycles. The first kappa shape index (κ1) is 15.8. The number of rotatable bonds is 7. The van der Waals surface area contributed by atoms with Crippen molar-refractivity contribution in [3.05, 3.63) is 34.4 Å². The van der Waals surface area contributed by atoms with Gasteiger partial charge in [-0.3, -0.25) is 14.9 Å². The lowest BCUT2D eigenvalue weighted by Gasteiger charge is -2.14. The van der Waals surface area contributed by atoms with Gasteiger partial charge in [0.25, 0.3) is 17.5 Å². The third kappa shape index (κ3) is 5.14. The fourth-order valence-corrected chi connectivity index (χ4v) is 1.15. The summed E-state index contributed by atoms with van der Waals surface area (Å²) in [6.45, 7) is -2.87. The van der Waals surface area contributed by atoms with Gasteiger partial charge in [-0.15, -0.1) is 0 Å².